The number of aromatic amines is 1. The van der Waals surface area contributed by atoms with E-state index in [0.717, 1.165) is 31.2 Å². The predicted octanol–water partition coefficient (Wildman–Crippen LogP) is 3.19. The zero-order chi connectivity index (χ0) is 31.4. The highest BCUT2D eigenvalue weighted by Gasteiger charge is 2.33. The number of nitrogens with one attached hydrogen (secondary N) is 3. The molecule has 1 saturated heterocycles. The van der Waals surface area contributed by atoms with Gasteiger partial charge in [0.2, 0.25) is 17.7 Å². The summed E-state index contributed by atoms with van der Waals surface area (Å²) in [7, 11) is 0. The van der Waals surface area contributed by atoms with E-state index in [0.29, 0.717) is 55.8 Å². The van der Waals surface area contributed by atoms with Crippen molar-refractivity contribution in [3.63, 3.8) is 0 Å². The van der Waals surface area contributed by atoms with Gasteiger partial charge in [-0.15, -0.1) is 11.3 Å². The second-order valence-electron chi connectivity index (χ2n) is 12.1. The highest BCUT2D eigenvalue weighted by atomic mass is 32.1. The molecule has 12 heteroatoms. The van der Waals surface area contributed by atoms with E-state index in [4.69, 9.17) is 4.74 Å². The van der Waals surface area contributed by atoms with Crippen LogP contribution in [-0.4, -0.2) is 81.1 Å². The molecule has 45 heavy (non-hydrogen) atoms. The number of morpholine rings is 1. The number of H-pyrrole nitrogens is 1. The number of aliphatic hydroxyl groups excluding tert-OH is 1. The number of thiazole rings is 1. The van der Waals surface area contributed by atoms with E-state index >= 15 is 0 Å². The van der Waals surface area contributed by atoms with Crippen LogP contribution >= 0.6 is 11.3 Å². The second-order valence-corrected chi connectivity index (χ2v) is 13.0. The summed E-state index contributed by atoms with van der Waals surface area (Å²) < 4.78 is 5.40. The third-order valence-corrected chi connectivity index (χ3v) is 9.66. The lowest BCUT2D eigenvalue weighted by atomic mass is 9.83. The molecule has 242 valence electrons. The Morgan fingerprint density at radius 1 is 1.04 bits per heavy atom. The fourth-order valence-corrected chi connectivity index (χ4v) is 7.00. The Kier molecular flexibility index (Phi) is 12.1. The molecule has 1 aromatic carbocycles. The highest BCUT2D eigenvalue weighted by Crippen LogP contribution is 2.31. The lowest BCUT2D eigenvalue weighted by Gasteiger charge is -2.31. The van der Waals surface area contributed by atoms with Gasteiger partial charge in [-0.3, -0.25) is 14.4 Å². The van der Waals surface area contributed by atoms with Crippen LogP contribution in [0.2, 0.25) is 0 Å². The molecule has 1 saturated carbocycles. The van der Waals surface area contributed by atoms with Crippen LogP contribution in [0.1, 0.15) is 67.3 Å². The first-order valence-electron chi connectivity index (χ1n) is 16.0. The van der Waals surface area contributed by atoms with Crippen LogP contribution in [0.15, 0.2) is 54.4 Å². The number of hydrogen-bond donors (Lipinski definition) is 4. The van der Waals surface area contributed by atoms with Gasteiger partial charge in [0, 0.05) is 49.4 Å². The number of nitrogens with zero attached hydrogens (tertiary/aromatic N) is 3. The Morgan fingerprint density at radius 3 is 2.51 bits per heavy atom. The van der Waals surface area contributed by atoms with E-state index in [-0.39, 0.29) is 24.7 Å². The molecule has 4 N–H and O–H groups in total. The number of rotatable bonds is 14. The lowest BCUT2D eigenvalue weighted by molar-refractivity contribution is -0.140. The molecule has 2 aliphatic rings. The molecule has 1 aliphatic heterocycles. The van der Waals surface area contributed by atoms with Crippen molar-refractivity contribution in [2.45, 2.75) is 76.0 Å². The zero-order valence-corrected chi connectivity index (χ0v) is 26.4. The van der Waals surface area contributed by atoms with Crippen LogP contribution in [-0.2, 0) is 32.0 Å². The molecule has 1 aliphatic carbocycles. The topological polar surface area (TPSA) is 150 Å². The molecule has 5 rings (SSSR count). The van der Waals surface area contributed by atoms with Crippen molar-refractivity contribution < 1.29 is 24.2 Å². The number of benzene rings is 1. The number of carbonyl (C=O) groups is 3. The molecule has 3 amide bonds. The van der Waals surface area contributed by atoms with E-state index in [1.165, 1.54) is 24.1 Å². The van der Waals surface area contributed by atoms with Crippen molar-refractivity contribution in [2.75, 3.05) is 26.3 Å². The van der Waals surface area contributed by atoms with Crippen LogP contribution in [0, 0.1) is 11.8 Å². The van der Waals surface area contributed by atoms with E-state index in [1.54, 1.807) is 17.3 Å². The van der Waals surface area contributed by atoms with Crippen molar-refractivity contribution in [2.24, 2.45) is 11.8 Å². The quantitative estimate of drug-likeness (QED) is 0.212. The fourth-order valence-electron chi connectivity index (χ4n) is 6.31. The minimum absolute atomic E-state index is 0.0200. The molecular formula is C33H44N6O5S. The van der Waals surface area contributed by atoms with Gasteiger partial charge >= 0.3 is 0 Å². The molecule has 2 aromatic heterocycles. The number of aliphatic hydroxyl groups is 1. The third-order valence-electron chi connectivity index (χ3n) is 8.82. The Bertz CT molecular complexity index is 1330. The lowest BCUT2D eigenvalue weighted by Crippen LogP contribution is -2.54. The Hall–Kier alpha value is -3.61. The van der Waals surface area contributed by atoms with Crippen molar-refractivity contribution >= 4 is 29.1 Å². The average molecular weight is 637 g/mol. The van der Waals surface area contributed by atoms with Gasteiger partial charge in [-0.2, -0.15) is 0 Å². The maximum absolute atomic E-state index is 14.0. The zero-order valence-electron chi connectivity index (χ0n) is 25.6. The third kappa shape index (κ3) is 9.69. The highest BCUT2D eigenvalue weighted by molar-refractivity contribution is 7.09. The van der Waals surface area contributed by atoms with Gasteiger partial charge in [0.25, 0.3) is 0 Å². The number of hydrogen-bond acceptors (Lipinski definition) is 8. The van der Waals surface area contributed by atoms with Crippen LogP contribution < -0.4 is 10.6 Å². The maximum Gasteiger partial charge on any atom is 0.243 e. The SMILES string of the molecule is O=C(N[C@@H](Cc1cnc[nH]1)C(=O)N[C@@H](CC1CCCCC1)[C@@H](O)c1nccs1)[C@@H](CC(=O)N1CCOCC1)Cc1ccccc1. The molecule has 0 unspecified atom stereocenters. The van der Waals surface area contributed by atoms with E-state index < -0.39 is 30.0 Å². The molecule has 3 heterocycles. The van der Waals surface area contributed by atoms with E-state index in [2.05, 4.69) is 25.6 Å². The van der Waals surface area contributed by atoms with Crippen LogP contribution in [0.5, 0.6) is 0 Å². The monoisotopic (exact) mass is 636 g/mol. The van der Waals surface area contributed by atoms with Gasteiger partial charge in [0.15, 0.2) is 0 Å². The van der Waals surface area contributed by atoms with Gasteiger partial charge in [-0.05, 0) is 24.3 Å². The molecule has 0 bridgehead atoms. The largest absolute Gasteiger partial charge is 0.384 e. The van der Waals surface area contributed by atoms with Gasteiger partial charge in [0.05, 0.1) is 31.5 Å². The molecule has 2 fully saturated rings. The Labute approximate surface area is 268 Å². The van der Waals surface area contributed by atoms with Gasteiger partial charge in [0.1, 0.15) is 17.2 Å². The molecule has 0 spiro atoms. The normalized spacial score (nSPS) is 18.5. The second kappa shape index (κ2) is 16.6. The first-order chi connectivity index (χ1) is 22.0. The van der Waals surface area contributed by atoms with Crippen molar-refractivity contribution in [1.29, 1.82) is 0 Å². The molecular weight excluding hydrogens is 592 g/mol. The first kappa shape index (κ1) is 32.8. The van der Waals surface area contributed by atoms with Gasteiger partial charge in [-0.25, -0.2) is 9.97 Å². The summed E-state index contributed by atoms with van der Waals surface area (Å²) in [6.07, 6.45) is 10.6. The number of ether oxygens (including phenoxy) is 1. The molecule has 0 radical (unpaired) electrons. The van der Waals surface area contributed by atoms with Crippen molar-refractivity contribution in [3.05, 3.63) is 70.7 Å². The first-order valence-corrected chi connectivity index (χ1v) is 16.9. The number of amides is 3. The van der Waals surface area contributed by atoms with Crippen molar-refractivity contribution in [3.8, 4) is 0 Å². The summed E-state index contributed by atoms with van der Waals surface area (Å²) >= 11 is 1.35. The minimum atomic E-state index is -0.962. The van der Waals surface area contributed by atoms with E-state index in [1.807, 2.05) is 35.7 Å². The molecule has 4 atom stereocenters. The predicted molar refractivity (Wildman–Crippen MR) is 170 cm³/mol. The minimum Gasteiger partial charge on any atom is -0.384 e. The summed E-state index contributed by atoms with van der Waals surface area (Å²) in [6.45, 7) is 1.94. The smallest absolute Gasteiger partial charge is 0.243 e. The summed E-state index contributed by atoms with van der Waals surface area (Å²) in [6, 6.07) is 8.08. The standard InChI is InChI=1S/C33H44N6O5S/c40-29(39-12-14-44-15-13-39)19-25(17-23-7-3-1-4-8-23)31(42)38-28(20-26-21-34-22-36-26)32(43)37-27(18-24-9-5-2-6-10-24)30(41)33-35-11-16-45-33/h1,3-4,7-8,11,16,21-22,24-25,27-28,30,41H,2,5-6,9-10,12-15,17-20H2,(H,34,36)(H,37,43)(H,38,42)/t25-,27+,28+,30-/m1/s1. The number of imidazole rings is 1. The summed E-state index contributed by atoms with van der Waals surface area (Å²) in [4.78, 5) is 54.4. The van der Waals surface area contributed by atoms with Crippen LogP contribution in [0.25, 0.3) is 0 Å². The fraction of sp³-hybridized carbons (Fsp3) is 0.545. The summed E-state index contributed by atoms with van der Waals surface area (Å²) in [5, 5.41) is 19.8. The van der Waals surface area contributed by atoms with Crippen LogP contribution in [0.3, 0.4) is 0 Å². The van der Waals surface area contributed by atoms with Gasteiger partial charge < -0.3 is 30.4 Å². The molecule has 11 nitrogen and oxygen atoms in total. The van der Waals surface area contributed by atoms with E-state index in [9.17, 15) is 19.5 Å². The van der Waals surface area contributed by atoms with Gasteiger partial charge in [-0.1, -0.05) is 62.4 Å². The Morgan fingerprint density at radius 2 is 1.82 bits per heavy atom. The van der Waals surface area contributed by atoms with Crippen LogP contribution in [0.4, 0.5) is 0 Å². The average Bonchev–Trinajstić information content (AvgIpc) is 3.80. The maximum atomic E-state index is 14.0. The Balaban J connectivity index is 1.34. The number of aromatic nitrogens is 3. The summed E-state index contributed by atoms with van der Waals surface area (Å²) in [5.41, 5.74) is 1.62. The number of carbonyl (C=O) groups excluding carboxylic acids is 3. The molecule has 3 aromatic rings. The van der Waals surface area contributed by atoms with Crippen molar-refractivity contribution in [1.82, 2.24) is 30.5 Å². The summed E-state index contributed by atoms with van der Waals surface area (Å²) in [5.74, 6) is -1.17.